The van der Waals surface area contributed by atoms with Crippen molar-refractivity contribution < 1.29 is 14.3 Å². The zero-order valence-electron chi connectivity index (χ0n) is 11.4. The van der Waals surface area contributed by atoms with Gasteiger partial charge in [0.25, 0.3) is 0 Å². The topological polar surface area (TPSA) is 35.5 Å². The van der Waals surface area contributed by atoms with Crippen LogP contribution in [0, 0.1) is 0 Å². The second-order valence-electron chi connectivity index (χ2n) is 4.45. The number of benzene rings is 2. The minimum absolute atomic E-state index is 0.361. The van der Waals surface area contributed by atoms with E-state index in [1.807, 2.05) is 12.1 Å². The highest BCUT2D eigenvalue weighted by Crippen LogP contribution is 2.37. The number of ether oxygens (including phenoxy) is 2. The van der Waals surface area contributed by atoms with E-state index in [0.29, 0.717) is 26.4 Å². The predicted octanol–water partition coefficient (Wildman–Crippen LogP) is 5.44. The highest BCUT2D eigenvalue weighted by atomic mass is 35.5. The van der Waals surface area contributed by atoms with Crippen LogP contribution in [0.15, 0.2) is 42.5 Å². The maximum atomic E-state index is 12.3. The summed E-state index contributed by atoms with van der Waals surface area (Å²) in [6.45, 7) is 0. The quantitative estimate of drug-likeness (QED) is 0.465. The van der Waals surface area contributed by atoms with E-state index in [2.05, 4.69) is 0 Å². The van der Waals surface area contributed by atoms with Gasteiger partial charge in [0.05, 0.1) is 12.1 Å². The molecule has 112 valence electrons. The highest BCUT2D eigenvalue weighted by molar-refractivity contribution is 7.21. The first-order valence-electron chi connectivity index (χ1n) is 6.32. The molecule has 1 heterocycles. The van der Waals surface area contributed by atoms with Crippen molar-refractivity contribution in [2.24, 2.45) is 0 Å². The first-order chi connectivity index (χ1) is 10.6. The van der Waals surface area contributed by atoms with Crippen LogP contribution in [0.4, 0.5) is 0 Å². The van der Waals surface area contributed by atoms with Crippen molar-refractivity contribution in [2.45, 2.75) is 0 Å². The number of methoxy groups -OCH3 is 1. The van der Waals surface area contributed by atoms with Crippen LogP contribution < -0.4 is 9.47 Å². The monoisotopic (exact) mass is 352 g/mol. The molecule has 0 fully saturated rings. The summed E-state index contributed by atoms with van der Waals surface area (Å²) in [5.41, 5.74) is 0. The normalized spacial score (nSPS) is 10.7. The van der Waals surface area contributed by atoms with Crippen molar-refractivity contribution in [3.8, 4) is 11.5 Å². The van der Waals surface area contributed by atoms with E-state index in [9.17, 15) is 4.79 Å². The van der Waals surface area contributed by atoms with Crippen LogP contribution >= 0.6 is 34.5 Å². The highest BCUT2D eigenvalue weighted by Gasteiger charge is 2.19. The Morgan fingerprint density at radius 2 is 1.73 bits per heavy atom. The van der Waals surface area contributed by atoms with E-state index in [1.165, 1.54) is 11.3 Å². The first-order valence-corrected chi connectivity index (χ1v) is 7.89. The van der Waals surface area contributed by atoms with Crippen LogP contribution in [-0.2, 0) is 0 Å². The molecular formula is C16H10Cl2O3S. The maximum Gasteiger partial charge on any atom is 0.355 e. The fourth-order valence-electron chi connectivity index (χ4n) is 1.96. The van der Waals surface area contributed by atoms with Gasteiger partial charge in [-0.3, -0.25) is 0 Å². The number of halogens is 2. The van der Waals surface area contributed by atoms with E-state index >= 15 is 0 Å². The molecule has 0 N–H and O–H groups in total. The van der Waals surface area contributed by atoms with E-state index < -0.39 is 5.97 Å². The summed E-state index contributed by atoms with van der Waals surface area (Å²) in [5, 5.41) is 1.77. The van der Waals surface area contributed by atoms with Gasteiger partial charge < -0.3 is 9.47 Å². The van der Waals surface area contributed by atoms with Crippen molar-refractivity contribution in [3.05, 3.63) is 57.4 Å². The molecular weight excluding hydrogens is 343 g/mol. The molecule has 0 bridgehead atoms. The van der Waals surface area contributed by atoms with Gasteiger partial charge >= 0.3 is 5.97 Å². The number of rotatable bonds is 3. The van der Waals surface area contributed by atoms with Crippen molar-refractivity contribution in [1.82, 2.24) is 0 Å². The molecule has 0 saturated carbocycles. The molecule has 3 nitrogen and oxygen atoms in total. The van der Waals surface area contributed by atoms with Crippen LogP contribution in [0.2, 0.25) is 10.0 Å². The molecule has 3 rings (SSSR count). The number of thiophene rings is 1. The van der Waals surface area contributed by atoms with Gasteiger partial charge in [-0.15, -0.1) is 11.3 Å². The lowest BCUT2D eigenvalue weighted by atomic mass is 10.2. The number of fused-ring (bicyclic) bond motifs is 1. The number of carbonyl (C=O) groups is 1. The standard InChI is InChI=1S/C16H10Cl2O3S/c1-20-11-6-7-12-13(8-11)22-15(14(12)18)16(19)21-10-4-2-9(17)3-5-10/h2-8H,1H3. The Kier molecular flexibility index (Phi) is 4.25. The van der Waals surface area contributed by atoms with Crippen LogP contribution in [0.3, 0.4) is 0 Å². The lowest BCUT2D eigenvalue weighted by Crippen LogP contribution is -2.06. The average Bonchev–Trinajstić information content (AvgIpc) is 2.86. The SMILES string of the molecule is COc1ccc2c(Cl)c(C(=O)Oc3ccc(Cl)cc3)sc2c1. The Bertz CT molecular complexity index is 840. The summed E-state index contributed by atoms with van der Waals surface area (Å²) >= 11 is 13.4. The van der Waals surface area contributed by atoms with Crippen molar-refractivity contribution in [3.63, 3.8) is 0 Å². The van der Waals surface area contributed by atoms with Crippen LogP contribution in [0.25, 0.3) is 10.1 Å². The fourth-order valence-corrected chi connectivity index (χ4v) is 3.50. The second-order valence-corrected chi connectivity index (χ2v) is 6.32. The lowest BCUT2D eigenvalue weighted by Gasteiger charge is -2.02. The molecule has 0 radical (unpaired) electrons. The zero-order valence-corrected chi connectivity index (χ0v) is 13.8. The maximum absolute atomic E-state index is 12.3. The molecule has 0 unspecified atom stereocenters. The smallest absolute Gasteiger partial charge is 0.355 e. The molecule has 6 heteroatoms. The van der Waals surface area contributed by atoms with Gasteiger partial charge in [0.15, 0.2) is 0 Å². The third-order valence-corrected chi connectivity index (χ3v) is 4.94. The average molecular weight is 353 g/mol. The van der Waals surface area contributed by atoms with Gasteiger partial charge in [0.1, 0.15) is 16.4 Å². The zero-order chi connectivity index (χ0) is 15.7. The Balaban J connectivity index is 1.93. The minimum atomic E-state index is -0.493. The lowest BCUT2D eigenvalue weighted by molar-refractivity contribution is 0.0740. The van der Waals surface area contributed by atoms with Gasteiger partial charge in [-0.25, -0.2) is 4.79 Å². The van der Waals surface area contributed by atoms with Crippen molar-refractivity contribution in [1.29, 1.82) is 0 Å². The van der Waals surface area contributed by atoms with E-state index in [1.54, 1.807) is 37.4 Å². The molecule has 2 aromatic carbocycles. The molecule has 0 atom stereocenters. The van der Waals surface area contributed by atoms with Crippen LogP contribution in [0.1, 0.15) is 9.67 Å². The van der Waals surface area contributed by atoms with Crippen molar-refractivity contribution in [2.75, 3.05) is 7.11 Å². The summed E-state index contributed by atoms with van der Waals surface area (Å²) in [6, 6.07) is 12.0. The summed E-state index contributed by atoms with van der Waals surface area (Å²) in [7, 11) is 1.59. The minimum Gasteiger partial charge on any atom is -0.497 e. The number of hydrogen-bond acceptors (Lipinski definition) is 4. The summed E-state index contributed by atoms with van der Waals surface area (Å²) < 4.78 is 11.4. The van der Waals surface area contributed by atoms with E-state index in [4.69, 9.17) is 32.7 Å². The van der Waals surface area contributed by atoms with E-state index in [-0.39, 0.29) is 0 Å². The van der Waals surface area contributed by atoms with Crippen LogP contribution in [0.5, 0.6) is 11.5 Å². The third-order valence-electron chi connectivity index (χ3n) is 3.05. The molecule has 0 saturated heterocycles. The molecule has 1 aromatic heterocycles. The van der Waals surface area contributed by atoms with Crippen molar-refractivity contribution >= 4 is 50.6 Å². The number of esters is 1. The summed E-state index contributed by atoms with van der Waals surface area (Å²) in [6.07, 6.45) is 0. The fraction of sp³-hybridized carbons (Fsp3) is 0.0625. The summed E-state index contributed by atoms with van der Waals surface area (Å²) in [5.74, 6) is 0.635. The number of carbonyl (C=O) groups excluding carboxylic acids is 1. The molecule has 3 aromatic rings. The Morgan fingerprint density at radius 1 is 1.05 bits per heavy atom. The molecule has 0 aliphatic rings. The molecule has 0 amide bonds. The van der Waals surface area contributed by atoms with E-state index in [0.717, 1.165) is 10.1 Å². The molecule has 0 aliphatic heterocycles. The first kappa shape index (κ1) is 15.2. The van der Waals surface area contributed by atoms with Gasteiger partial charge in [0, 0.05) is 15.1 Å². The number of hydrogen-bond donors (Lipinski definition) is 0. The molecule has 0 spiro atoms. The second kappa shape index (κ2) is 6.16. The van der Waals surface area contributed by atoms with Gasteiger partial charge in [-0.1, -0.05) is 23.2 Å². The Hall–Kier alpha value is -1.75. The predicted molar refractivity (Wildman–Crippen MR) is 89.8 cm³/mol. The Labute approximate surface area is 141 Å². The third kappa shape index (κ3) is 2.90. The van der Waals surface area contributed by atoms with Gasteiger partial charge in [0.2, 0.25) is 0 Å². The largest absolute Gasteiger partial charge is 0.497 e. The molecule has 0 aliphatic carbocycles. The van der Waals surface area contributed by atoms with Gasteiger partial charge in [-0.05, 0) is 42.5 Å². The Morgan fingerprint density at radius 3 is 2.41 bits per heavy atom. The van der Waals surface area contributed by atoms with Crippen LogP contribution in [-0.4, -0.2) is 13.1 Å². The van der Waals surface area contributed by atoms with Gasteiger partial charge in [-0.2, -0.15) is 0 Å². The summed E-state index contributed by atoms with van der Waals surface area (Å²) in [4.78, 5) is 12.6. The molecule has 22 heavy (non-hydrogen) atoms.